The summed E-state index contributed by atoms with van der Waals surface area (Å²) in [5.41, 5.74) is 0.677. The molecule has 0 bridgehead atoms. The molecule has 0 radical (unpaired) electrons. The Labute approximate surface area is 127 Å². The number of benzene rings is 2. The van der Waals surface area contributed by atoms with E-state index in [1.54, 1.807) is 19.1 Å². The molecule has 0 aliphatic rings. The van der Waals surface area contributed by atoms with Gasteiger partial charge in [0.1, 0.15) is 4.90 Å². The van der Waals surface area contributed by atoms with E-state index in [-0.39, 0.29) is 21.2 Å². The normalized spacial score (nSPS) is 11.1. The maximum Gasteiger partial charge on any atom is 0.337 e. The molecule has 110 valence electrons. The molecule has 2 N–H and O–H groups in total. The summed E-state index contributed by atoms with van der Waals surface area (Å²) in [4.78, 5) is 11.0. The number of para-hydroxylation sites is 1. The second-order valence-electron chi connectivity index (χ2n) is 4.39. The number of anilines is 1. The number of hydrogen-bond acceptors (Lipinski definition) is 3. The summed E-state index contributed by atoms with van der Waals surface area (Å²) in [6.07, 6.45) is 0. The van der Waals surface area contributed by atoms with Crippen LogP contribution in [0.15, 0.2) is 47.4 Å². The van der Waals surface area contributed by atoms with Crippen molar-refractivity contribution in [2.45, 2.75) is 11.8 Å². The van der Waals surface area contributed by atoms with Crippen molar-refractivity contribution in [3.05, 3.63) is 58.6 Å². The van der Waals surface area contributed by atoms with Crippen molar-refractivity contribution in [3.63, 3.8) is 0 Å². The minimum absolute atomic E-state index is 0.0124. The molecule has 0 heterocycles. The molecule has 21 heavy (non-hydrogen) atoms. The molecule has 5 nitrogen and oxygen atoms in total. The van der Waals surface area contributed by atoms with Gasteiger partial charge in [-0.05, 0) is 36.8 Å². The average Bonchev–Trinajstić information content (AvgIpc) is 2.37. The molecular formula is C14H12ClNO4S. The molecule has 7 heteroatoms. The first-order valence-corrected chi connectivity index (χ1v) is 7.78. The predicted molar refractivity (Wildman–Crippen MR) is 80.4 cm³/mol. The molecule has 0 aliphatic heterocycles. The number of aryl methyl sites for hydroxylation is 1. The van der Waals surface area contributed by atoms with Gasteiger partial charge in [0.05, 0.1) is 16.3 Å². The van der Waals surface area contributed by atoms with Crippen LogP contribution in [0.25, 0.3) is 0 Å². The van der Waals surface area contributed by atoms with Crippen LogP contribution >= 0.6 is 11.6 Å². The highest BCUT2D eigenvalue weighted by atomic mass is 35.5. The summed E-state index contributed by atoms with van der Waals surface area (Å²) >= 11 is 5.95. The molecule has 0 spiro atoms. The van der Waals surface area contributed by atoms with Crippen molar-refractivity contribution < 1.29 is 18.3 Å². The zero-order valence-corrected chi connectivity index (χ0v) is 12.6. The van der Waals surface area contributed by atoms with E-state index in [9.17, 15) is 13.2 Å². The van der Waals surface area contributed by atoms with Crippen LogP contribution < -0.4 is 4.72 Å². The molecule has 2 rings (SSSR count). The number of carboxylic acids is 1. The lowest BCUT2D eigenvalue weighted by atomic mass is 10.2. The van der Waals surface area contributed by atoms with Crippen LogP contribution in [0.2, 0.25) is 5.02 Å². The van der Waals surface area contributed by atoms with Crippen LogP contribution in [-0.2, 0) is 10.0 Å². The van der Waals surface area contributed by atoms with E-state index in [4.69, 9.17) is 16.7 Å². The van der Waals surface area contributed by atoms with Crippen LogP contribution in [0.4, 0.5) is 5.69 Å². The first kappa shape index (κ1) is 15.3. The monoisotopic (exact) mass is 325 g/mol. The number of hydrogen-bond donors (Lipinski definition) is 2. The molecule has 0 aromatic heterocycles. The number of nitrogens with one attached hydrogen (secondary N) is 1. The number of carbonyl (C=O) groups is 1. The minimum Gasteiger partial charge on any atom is -0.478 e. The van der Waals surface area contributed by atoms with Gasteiger partial charge in [-0.3, -0.25) is 4.72 Å². The SMILES string of the molecule is Cc1ccc(S(=O)(=O)Nc2ccccc2C(=O)O)c(Cl)c1. The lowest BCUT2D eigenvalue weighted by Gasteiger charge is -2.11. The maximum atomic E-state index is 12.3. The van der Waals surface area contributed by atoms with Gasteiger partial charge in [-0.1, -0.05) is 29.8 Å². The third-order valence-corrected chi connectivity index (χ3v) is 4.63. The molecule has 0 aliphatic carbocycles. The fraction of sp³-hybridized carbons (Fsp3) is 0.0714. The molecule has 0 saturated carbocycles. The Kier molecular flexibility index (Phi) is 4.20. The number of rotatable bonds is 4. The van der Waals surface area contributed by atoms with Gasteiger partial charge in [0.15, 0.2) is 0 Å². The van der Waals surface area contributed by atoms with E-state index < -0.39 is 16.0 Å². The molecule has 0 fully saturated rings. The van der Waals surface area contributed by atoms with Gasteiger partial charge >= 0.3 is 5.97 Å². The molecule has 0 unspecified atom stereocenters. The number of sulfonamides is 1. The standard InChI is InChI=1S/C14H12ClNO4S/c1-9-6-7-13(11(15)8-9)21(19,20)16-12-5-3-2-4-10(12)14(17)18/h2-8,16H,1H3,(H,17,18). The zero-order valence-electron chi connectivity index (χ0n) is 11.0. The van der Waals surface area contributed by atoms with E-state index in [1.807, 2.05) is 0 Å². The van der Waals surface area contributed by atoms with Crippen molar-refractivity contribution >= 4 is 33.3 Å². The first-order chi connectivity index (χ1) is 9.81. The van der Waals surface area contributed by atoms with Crippen LogP contribution in [-0.4, -0.2) is 19.5 Å². The van der Waals surface area contributed by atoms with Crippen LogP contribution in [0, 0.1) is 6.92 Å². The zero-order chi connectivity index (χ0) is 15.6. The van der Waals surface area contributed by atoms with Crippen molar-refractivity contribution in [1.82, 2.24) is 0 Å². The highest BCUT2D eigenvalue weighted by Crippen LogP contribution is 2.26. The average molecular weight is 326 g/mol. The number of carboxylic acid groups (broad SMARTS) is 1. The summed E-state index contributed by atoms with van der Waals surface area (Å²) in [5, 5.41) is 9.14. The van der Waals surface area contributed by atoms with Crippen LogP contribution in [0.1, 0.15) is 15.9 Å². The molecular weight excluding hydrogens is 314 g/mol. The van der Waals surface area contributed by atoms with Gasteiger partial charge < -0.3 is 5.11 Å². The Morgan fingerprint density at radius 3 is 2.48 bits per heavy atom. The van der Waals surface area contributed by atoms with Crippen molar-refractivity contribution in [2.75, 3.05) is 4.72 Å². The van der Waals surface area contributed by atoms with E-state index >= 15 is 0 Å². The largest absolute Gasteiger partial charge is 0.478 e. The van der Waals surface area contributed by atoms with Gasteiger partial charge in [0, 0.05) is 0 Å². The Morgan fingerprint density at radius 2 is 1.86 bits per heavy atom. The van der Waals surface area contributed by atoms with E-state index in [0.717, 1.165) is 5.56 Å². The highest BCUT2D eigenvalue weighted by molar-refractivity contribution is 7.92. The van der Waals surface area contributed by atoms with Gasteiger partial charge in [0.2, 0.25) is 0 Å². The molecule has 0 saturated heterocycles. The predicted octanol–water partition coefficient (Wildman–Crippen LogP) is 3.15. The third-order valence-electron chi connectivity index (χ3n) is 2.78. The lowest BCUT2D eigenvalue weighted by molar-refractivity contribution is 0.0698. The van der Waals surface area contributed by atoms with E-state index in [2.05, 4.69) is 4.72 Å². The molecule has 2 aromatic carbocycles. The van der Waals surface area contributed by atoms with Crippen molar-refractivity contribution in [3.8, 4) is 0 Å². The van der Waals surface area contributed by atoms with Gasteiger partial charge in [-0.25, -0.2) is 13.2 Å². The topological polar surface area (TPSA) is 83.5 Å². The van der Waals surface area contributed by atoms with Gasteiger partial charge in [0.25, 0.3) is 10.0 Å². The lowest BCUT2D eigenvalue weighted by Crippen LogP contribution is -2.16. The minimum atomic E-state index is -3.96. The summed E-state index contributed by atoms with van der Waals surface area (Å²) < 4.78 is 26.9. The van der Waals surface area contributed by atoms with E-state index in [0.29, 0.717) is 0 Å². The van der Waals surface area contributed by atoms with Crippen LogP contribution in [0.3, 0.4) is 0 Å². The maximum absolute atomic E-state index is 12.3. The summed E-state index contributed by atoms with van der Waals surface area (Å²) in [7, 11) is -3.96. The fourth-order valence-electron chi connectivity index (χ4n) is 1.78. The van der Waals surface area contributed by atoms with Crippen molar-refractivity contribution in [1.29, 1.82) is 0 Å². The Morgan fingerprint density at radius 1 is 1.19 bits per heavy atom. The highest BCUT2D eigenvalue weighted by Gasteiger charge is 2.20. The third kappa shape index (κ3) is 3.34. The second-order valence-corrected chi connectivity index (χ2v) is 6.45. The second kappa shape index (κ2) is 5.75. The smallest absolute Gasteiger partial charge is 0.337 e. The Hall–Kier alpha value is -2.05. The van der Waals surface area contributed by atoms with Gasteiger partial charge in [-0.15, -0.1) is 0 Å². The molecule has 2 aromatic rings. The summed E-state index contributed by atoms with van der Waals surface area (Å²) in [6, 6.07) is 10.3. The Balaban J connectivity index is 2.45. The number of halogens is 1. The summed E-state index contributed by atoms with van der Waals surface area (Å²) in [6.45, 7) is 1.79. The molecule has 0 atom stereocenters. The van der Waals surface area contributed by atoms with E-state index in [1.165, 1.54) is 30.3 Å². The van der Waals surface area contributed by atoms with Crippen LogP contribution in [0.5, 0.6) is 0 Å². The fourth-order valence-corrected chi connectivity index (χ4v) is 3.46. The van der Waals surface area contributed by atoms with Gasteiger partial charge in [-0.2, -0.15) is 0 Å². The number of aromatic carboxylic acids is 1. The Bertz CT molecular complexity index is 802. The molecule has 0 amide bonds. The first-order valence-electron chi connectivity index (χ1n) is 5.92. The van der Waals surface area contributed by atoms with Crippen molar-refractivity contribution in [2.24, 2.45) is 0 Å². The quantitative estimate of drug-likeness (QED) is 0.904. The summed E-state index contributed by atoms with van der Waals surface area (Å²) in [5.74, 6) is -1.22.